The summed E-state index contributed by atoms with van der Waals surface area (Å²) in [6, 6.07) is 6.85. The van der Waals surface area contributed by atoms with Gasteiger partial charge in [-0.05, 0) is 79.1 Å². The zero-order valence-electron chi connectivity index (χ0n) is 11.9. The van der Waals surface area contributed by atoms with E-state index in [2.05, 4.69) is 40.5 Å². The van der Waals surface area contributed by atoms with E-state index in [1.165, 1.54) is 28.5 Å². The number of halogens is 1. The van der Waals surface area contributed by atoms with E-state index in [0.29, 0.717) is 6.04 Å². The van der Waals surface area contributed by atoms with Crippen LogP contribution < -0.4 is 0 Å². The molecule has 1 aromatic carbocycles. The molecule has 1 atom stereocenters. The van der Waals surface area contributed by atoms with Crippen LogP contribution in [0.4, 0.5) is 0 Å². The molecule has 2 aliphatic heterocycles. The Bertz CT molecular complexity index is 517. The summed E-state index contributed by atoms with van der Waals surface area (Å²) in [6.45, 7) is 6.25. The van der Waals surface area contributed by atoms with E-state index in [4.69, 9.17) is 0 Å². The van der Waals surface area contributed by atoms with E-state index in [-0.39, 0.29) is 5.91 Å². The van der Waals surface area contributed by atoms with Crippen LogP contribution in [0, 0.1) is 3.57 Å². The van der Waals surface area contributed by atoms with Crippen molar-refractivity contribution >= 4 is 28.5 Å². The number of carbonyl (C=O) groups excluding carboxylic acids is 1. The van der Waals surface area contributed by atoms with Crippen LogP contribution in [0.5, 0.6) is 0 Å². The molecule has 1 amide bonds. The number of nitrogens with zero attached hydrogens (tertiary/aromatic N) is 2. The summed E-state index contributed by atoms with van der Waals surface area (Å²) in [5, 5.41) is 0. The van der Waals surface area contributed by atoms with E-state index in [1.807, 2.05) is 17.0 Å². The van der Waals surface area contributed by atoms with Crippen molar-refractivity contribution in [2.24, 2.45) is 0 Å². The third-order valence-corrected chi connectivity index (χ3v) is 5.25. The quantitative estimate of drug-likeness (QED) is 0.749. The number of hydrogen-bond donors (Lipinski definition) is 0. The number of likely N-dealkylation sites (tertiary alicyclic amines) is 1. The second-order valence-electron chi connectivity index (χ2n) is 5.87. The molecule has 0 bridgehead atoms. The first kappa shape index (κ1) is 14.3. The zero-order valence-corrected chi connectivity index (χ0v) is 14.1. The number of benzene rings is 1. The fraction of sp³-hybridized carbons (Fsp3) is 0.562. The van der Waals surface area contributed by atoms with E-state index >= 15 is 0 Å². The Morgan fingerprint density at radius 1 is 1.30 bits per heavy atom. The van der Waals surface area contributed by atoms with E-state index < -0.39 is 0 Å². The molecular formula is C16H21IN2O. The predicted molar refractivity (Wildman–Crippen MR) is 89.0 cm³/mol. The van der Waals surface area contributed by atoms with Gasteiger partial charge in [0, 0.05) is 34.8 Å². The number of hydrogen-bond acceptors (Lipinski definition) is 2. The fourth-order valence-electron chi connectivity index (χ4n) is 3.29. The fourth-order valence-corrected chi connectivity index (χ4v) is 3.85. The Morgan fingerprint density at radius 3 is 2.90 bits per heavy atom. The van der Waals surface area contributed by atoms with Gasteiger partial charge in [0.25, 0.3) is 5.91 Å². The second-order valence-corrected chi connectivity index (χ2v) is 7.12. The predicted octanol–water partition coefficient (Wildman–Crippen LogP) is 2.77. The Balaban J connectivity index is 1.65. The molecule has 108 valence electrons. The van der Waals surface area contributed by atoms with Crippen LogP contribution in [-0.2, 0) is 6.42 Å². The van der Waals surface area contributed by atoms with Crippen LogP contribution in [0.2, 0.25) is 0 Å². The Labute approximate surface area is 134 Å². The van der Waals surface area contributed by atoms with Crippen molar-refractivity contribution in [1.29, 1.82) is 0 Å². The number of fused-ring (bicyclic) bond motifs is 1. The van der Waals surface area contributed by atoms with Crippen LogP contribution in [0.25, 0.3) is 0 Å². The monoisotopic (exact) mass is 384 g/mol. The van der Waals surface area contributed by atoms with Crippen LogP contribution in [0.15, 0.2) is 18.2 Å². The molecule has 0 unspecified atom stereocenters. The van der Waals surface area contributed by atoms with Crippen molar-refractivity contribution in [1.82, 2.24) is 9.80 Å². The molecule has 20 heavy (non-hydrogen) atoms. The molecule has 0 radical (unpaired) electrons. The maximum absolute atomic E-state index is 12.5. The van der Waals surface area contributed by atoms with Crippen LogP contribution >= 0.6 is 22.6 Å². The molecule has 3 nitrogen and oxygen atoms in total. The summed E-state index contributed by atoms with van der Waals surface area (Å²) in [6.07, 6.45) is 3.60. The summed E-state index contributed by atoms with van der Waals surface area (Å²) in [4.78, 5) is 17.1. The summed E-state index contributed by atoms with van der Waals surface area (Å²) >= 11 is 2.31. The molecule has 0 N–H and O–H groups in total. The molecule has 2 heterocycles. The summed E-state index contributed by atoms with van der Waals surface area (Å²) in [7, 11) is 0. The standard InChI is InChI=1S/C16H21IN2O/c1-12-3-2-7-18(12)9-10-19-8-6-13-11-14(17)4-5-15(13)16(19)20/h4-5,11-12H,2-3,6-10H2,1H3/t12-/m1/s1. The van der Waals surface area contributed by atoms with Crippen molar-refractivity contribution in [2.45, 2.75) is 32.2 Å². The number of rotatable bonds is 3. The maximum Gasteiger partial charge on any atom is 0.254 e. The van der Waals surface area contributed by atoms with Gasteiger partial charge in [-0.1, -0.05) is 0 Å². The largest absolute Gasteiger partial charge is 0.337 e. The molecule has 1 fully saturated rings. The average Bonchev–Trinajstić information content (AvgIpc) is 2.83. The number of carbonyl (C=O) groups is 1. The highest BCUT2D eigenvalue weighted by Gasteiger charge is 2.26. The average molecular weight is 384 g/mol. The summed E-state index contributed by atoms with van der Waals surface area (Å²) < 4.78 is 1.22. The van der Waals surface area contributed by atoms with Gasteiger partial charge >= 0.3 is 0 Å². The first-order valence-electron chi connectivity index (χ1n) is 7.47. The first-order valence-corrected chi connectivity index (χ1v) is 8.55. The van der Waals surface area contributed by atoms with Gasteiger partial charge < -0.3 is 4.90 Å². The third kappa shape index (κ3) is 2.86. The second kappa shape index (κ2) is 6.02. The van der Waals surface area contributed by atoms with Gasteiger partial charge in [0.1, 0.15) is 0 Å². The lowest BCUT2D eigenvalue weighted by Gasteiger charge is -2.31. The molecular weight excluding hydrogens is 363 g/mol. The van der Waals surface area contributed by atoms with Gasteiger partial charge in [0.05, 0.1) is 0 Å². The molecule has 0 aliphatic carbocycles. The molecule has 1 aromatic rings. The normalized spacial score (nSPS) is 23.2. The smallest absolute Gasteiger partial charge is 0.254 e. The van der Waals surface area contributed by atoms with Gasteiger partial charge in [0.15, 0.2) is 0 Å². The summed E-state index contributed by atoms with van der Waals surface area (Å²) in [5.41, 5.74) is 2.12. The minimum Gasteiger partial charge on any atom is -0.337 e. The van der Waals surface area contributed by atoms with Crippen LogP contribution in [-0.4, -0.2) is 47.9 Å². The van der Waals surface area contributed by atoms with Crippen molar-refractivity contribution in [3.05, 3.63) is 32.9 Å². The van der Waals surface area contributed by atoms with Crippen molar-refractivity contribution in [3.63, 3.8) is 0 Å². The molecule has 4 heteroatoms. The van der Waals surface area contributed by atoms with Gasteiger partial charge in [-0.25, -0.2) is 0 Å². The lowest BCUT2D eigenvalue weighted by Crippen LogP contribution is -2.43. The topological polar surface area (TPSA) is 23.6 Å². The van der Waals surface area contributed by atoms with Gasteiger partial charge in [-0.3, -0.25) is 9.69 Å². The molecule has 0 spiro atoms. The van der Waals surface area contributed by atoms with Crippen molar-refractivity contribution in [3.8, 4) is 0 Å². The highest BCUT2D eigenvalue weighted by atomic mass is 127. The molecule has 2 aliphatic rings. The maximum atomic E-state index is 12.5. The van der Waals surface area contributed by atoms with E-state index in [1.54, 1.807) is 0 Å². The van der Waals surface area contributed by atoms with Crippen LogP contribution in [0.1, 0.15) is 35.7 Å². The highest BCUT2D eigenvalue weighted by Crippen LogP contribution is 2.22. The van der Waals surface area contributed by atoms with Gasteiger partial charge in [0.2, 0.25) is 0 Å². The molecule has 0 saturated carbocycles. The minimum absolute atomic E-state index is 0.217. The Morgan fingerprint density at radius 2 is 2.15 bits per heavy atom. The molecule has 1 saturated heterocycles. The SMILES string of the molecule is C[C@@H]1CCCN1CCN1CCc2cc(I)ccc2C1=O. The Hall–Kier alpha value is -0.620. The van der Waals surface area contributed by atoms with Gasteiger partial charge in [-0.15, -0.1) is 0 Å². The number of amides is 1. The summed E-state index contributed by atoms with van der Waals surface area (Å²) in [5.74, 6) is 0.217. The Kier molecular flexibility index (Phi) is 4.31. The van der Waals surface area contributed by atoms with E-state index in [9.17, 15) is 4.79 Å². The lowest BCUT2D eigenvalue weighted by atomic mass is 9.99. The molecule has 3 rings (SSSR count). The van der Waals surface area contributed by atoms with Crippen molar-refractivity contribution < 1.29 is 4.79 Å². The van der Waals surface area contributed by atoms with Gasteiger partial charge in [-0.2, -0.15) is 0 Å². The first-order chi connectivity index (χ1) is 9.65. The van der Waals surface area contributed by atoms with Crippen molar-refractivity contribution in [2.75, 3.05) is 26.2 Å². The third-order valence-electron chi connectivity index (χ3n) is 4.58. The van der Waals surface area contributed by atoms with Crippen LogP contribution in [0.3, 0.4) is 0 Å². The lowest BCUT2D eigenvalue weighted by molar-refractivity contribution is 0.0717. The molecule has 0 aromatic heterocycles. The van der Waals surface area contributed by atoms with E-state index in [0.717, 1.165) is 31.6 Å². The minimum atomic E-state index is 0.217. The zero-order chi connectivity index (χ0) is 14.1. The highest BCUT2D eigenvalue weighted by molar-refractivity contribution is 14.1.